The first kappa shape index (κ1) is 21.0. The van der Waals surface area contributed by atoms with Crippen LogP contribution in [0.4, 0.5) is 4.79 Å². The van der Waals surface area contributed by atoms with Crippen LogP contribution in [-0.4, -0.2) is 68.1 Å². The Morgan fingerprint density at radius 2 is 1.93 bits per heavy atom. The molecule has 1 fully saturated rings. The number of urea groups is 1. The number of methoxy groups -OCH3 is 1. The van der Waals surface area contributed by atoms with Gasteiger partial charge in [0.05, 0.1) is 19.7 Å². The largest absolute Gasteiger partial charge is 0.496 e. The van der Waals surface area contributed by atoms with Gasteiger partial charge in [0.2, 0.25) is 5.91 Å². The summed E-state index contributed by atoms with van der Waals surface area (Å²) in [4.78, 5) is 28.3. The Bertz CT molecular complexity index is 642. The third-order valence-corrected chi connectivity index (χ3v) is 4.79. The Labute approximate surface area is 162 Å². The summed E-state index contributed by atoms with van der Waals surface area (Å²) in [6.45, 7) is 9.76. The SMILES string of the molecule is CCCNC(=O)CN1CCN(C(=O)NC(C)c2cc(C)ccc2OC)CC1. The van der Waals surface area contributed by atoms with Gasteiger partial charge in [-0.25, -0.2) is 4.79 Å². The maximum Gasteiger partial charge on any atom is 0.317 e. The highest BCUT2D eigenvalue weighted by molar-refractivity contribution is 5.78. The first-order chi connectivity index (χ1) is 12.9. The molecule has 1 aliphatic heterocycles. The fourth-order valence-corrected chi connectivity index (χ4v) is 3.18. The minimum absolute atomic E-state index is 0.0508. The average Bonchev–Trinajstić information content (AvgIpc) is 2.66. The summed E-state index contributed by atoms with van der Waals surface area (Å²) in [6, 6.07) is 5.73. The van der Waals surface area contributed by atoms with Crippen LogP contribution in [0.15, 0.2) is 18.2 Å². The van der Waals surface area contributed by atoms with Gasteiger partial charge in [-0.05, 0) is 26.3 Å². The van der Waals surface area contributed by atoms with Crippen LogP contribution in [0, 0.1) is 6.92 Å². The zero-order valence-corrected chi connectivity index (χ0v) is 16.9. The van der Waals surface area contributed by atoms with E-state index in [2.05, 4.69) is 15.5 Å². The van der Waals surface area contributed by atoms with E-state index in [1.165, 1.54) is 0 Å². The monoisotopic (exact) mass is 376 g/mol. The Hall–Kier alpha value is -2.28. The van der Waals surface area contributed by atoms with Crippen molar-refractivity contribution in [1.29, 1.82) is 0 Å². The van der Waals surface area contributed by atoms with Crippen LogP contribution in [0.3, 0.4) is 0 Å². The highest BCUT2D eigenvalue weighted by Crippen LogP contribution is 2.26. The topological polar surface area (TPSA) is 73.9 Å². The Balaban J connectivity index is 1.84. The number of nitrogens with zero attached hydrogens (tertiary/aromatic N) is 2. The molecular weight excluding hydrogens is 344 g/mol. The molecule has 0 aliphatic carbocycles. The third kappa shape index (κ3) is 6.13. The number of nitrogens with one attached hydrogen (secondary N) is 2. The van der Waals surface area contributed by atoms with Gasteiger partial charge in [-0.1, -0.05) is 24.6 Å². The Morgan fingerprint density at radius 1 is 1.22 bits per heavy atom. The van der Waals surface area contributed by atoms with E-state index >= 15 is 0 Å². The molecule has 7 heteroatoms. The van der Waals surface area contributed by atoms with Gasteiger partial charge in [0, 0.05) is 38.3 Å². The molecule has 1 aliphatic rings. The second kappa shape index (κ2) is 10.2. The maximum absolute atomic E-state index is 12.6. The number of hydrogen-bond acceptors (Lipinski definition) is 4. The van der Waals surface area contributed by atoms with Crippen LogP contribution >= 0.6 is 0 Å². The number of benzene rings is 1. The highest BCUT2D eigenvalue weighted by Gasteiger charge is 2.24. The minimum Gasteiger partial charge on any atom is -0.496 e. The van der Waals surface area contributed by atoms with Gasteiger partial charge in [0.15, 0.2) is 0 Å². The average molecular weight is 377 g/mol. The molecule has 1 unspecified atom stereocenters. The second-order valence-corrected chi connectivity index (χ2v) is 7.03. The molecule has 2 rings (SSSR count). The number of carbonyl (C=O) groups excluding carboxylic acids is 2. The minimum atomic E-state index is -0.148. The molecule has 1 aromatic rings. The number of rotatable bonds is 7. The van der Waals surface area contributed by atoms with Crippen LogP contribution in [0.2, 0.25) is 0 Å². The lowest BCUT2D eigenvalue weighted by atomic mass is 10.0. The van der Waals surface area contributed by atoms with Gasteiger partial charge in [-0.2, -0.15) is 0 Å². The quantitative estimate of drug-likeness (QED) is 0.762. The molecule has 7 nitrogen and oxygen atoms in total. The summed E-state index contributed by atoms with van der Waals surface area (Å²) < 4.78 is 5.42. The van der Waals surface area contributed by atoms with Crippen LogP contribution in [-0.2, 0) is 4.79 Å². The van der Waals surface area contributed by atoms with Crippen molar-refractivity contribution in [3.05, 3.63) is 29.3 Å². The normalized spacial score (nSPS) is 15.9. The molecule has 3 amide bonds. The van der Waals surface area contributed by atoms with Crippen molar-refractivity contribution in [3.63, 3.8) is 0 Å². The van der Waals surface area contributed by atoms with E-state index in [4.69, 9.17) is 4.74 Å². The van der Waals surface area contributed by atoms with Gasteiger partial charge in [0.1, 0.15) is 5.75 Å². The summed E-state index contributed by atoms with van der Waals surface area (Å²) in [6.07, 6.45) is 0.934. The molecule has 1 aromatic carbocycles. The predicted octanol–water partition coefficient (Wildman–Crippen LogP) is 1.92. The van der Waals surface area contributed by atoms with Crippen molar-refractivity contribution in [3.8, 4) is 5.75 Å². The molecule has 0 spiro atoms. The van der Waals surface area contributed by atoms with Crippen LogP contribution < -0.4 is 15.4 Å². The lowest BCUT2D eigenvalue weighted by Gasteiger charge is -2.35. The van der Waals surface area contributed by atoms with E-state index in [-0.39, 0.29) is 18.0 Å². The van der Waals surface area contributed by atoms with Gasteiger partial charge >= 0.3 is 6.03 Å². The summed E-state index contributed by atoms with van der Waals surface area (Å²) in [5.41, 5.74) is 2.10. The third-order valence-electron chi connectivity index (χ3n) is 4.79. The number of aryl methyl sites for hydroxylation is 1. The zero-order chi connectivity index (χ0) is 19.8. The van der Waals surface area contributed by atoms with Crippen molar-refractivity contribution < 1.29 is 14.3 Å². The van der Waals surface area contributed by atoms with Gasteiger partial charge in [-0.15, -0.1) is 0 Å². The highest BCUT2D eigenvalue weighted by atomic mass is 16.5. The lowest BCUT2D eigenvalue weighted by Crippen LogP contribution is -2.53. The molecule has 0 bridgehead atoms. The molecule has 1 heterocycles. The fraction of sp³-hybridized carbons (Fsp3) is 0.600. The van der Waals surface area contributed by atoms with Crippen molar-refractivity contribution in [2.45, 2.75) is 33.2 Å². The van der Waals surface area contributed by atoms with E-state index < -0.39 is 0 Å². The van der Waals surface area contributed by atoms with E-state index in [0.717, 1.165) is 23.3 Å². The smallest absolute Gasteiger partial charge is 0.317 e. The number of ether oxygens (including phenoxy) is 1. The lowest BCUT2D eigenvalue weighted by molar-refractivity contribution is -0.122. The standard InChI is InChI=1S/C20H32N4O3/c1-5-8-21-19(25)14-23-9-11-24(12-10-23)20(26)22-16(3)17-13-15(2)6-7-18(17)27-4/h6-7,13,16H,5,8-12,14H2,1-4H3,(H,21,25)(H,22,26). The molecule has 27 heavy (non-hydrogen) atoms. The first-order valence-electron chi connectivity index (χ1n) is 9.63. The van der Waals surface area contributed by atoms with Crippen LogP contribution in [0.25, 0.3) is 0 Å². The molecule has 0 saturated carbocycles. The Kier molecular flexibility index (Phi) is 7.91. The van der Waals surface area contributed by atoms with Crippen molar-refractivity contribution in [2.24, 2.45) is 0 Å². The summed E-state index contributed by atoms with van der Waals surface area (Å²) in [5.74, 6) is 0.825. The van der Waals surface area contributed by atoms with E-state index in [9.17, 15) is 9.59 Å². The van der Waals surface area contributed by atoms with Gasteiger partial charge in [-0.3, -0.25) is 9.69 Å². The molecule has 0 radical (unpaired) electrons. The van der Waals surface area contributed by atoms with Gasteiger partial charge < -0.3 is 20.3 Å². The van der Waals surface area contributed by atoms with Gasteiger partial charge in [0.25, 0.3) is 0 Å². The number of carbonyl (C=O) groups is 2. The van der Waals surface area contributed by atoms with E-state index in [1.54, 1.807) is 12.0 Å². The summed E-state index contributed by atoms with van der Waals surface area (Å²) in [5, 5.41) is 5.95. The van der Waals surface area contributed by atoms with E-state index in [0.29, 0.717) is 39.3 Å². The fourth-order valence-electron chi connectivity index (χ4n) is 3.18. The van der Waals surface area contributed by atoms with E-state index in [1.807, 2.05) is 39.0 Å². The zero-order valence-electron chi connectivity index (χ0n) is 16.9. The number of hydrogen-bond donors (Lipinski definition) is 2. The molecule has 150 valence electrons. The predicted molar refractivity (Wildman–Crippen MR) is 106 cm³/mol. The summed E-state index contributed by atoms with van der Waals surface area (Å²) in [7, 11) is 1.64. The second-order valence-electron chi connectivity index (χ2n) is 7.03. The number of piperazine rings is 1. The first-order valence-corrected chi connectivity index (χ1v) is 9.63. The molecule has 1 saturated heterocycles. The maximum atomic E-state index is 12.6. The van der Waals surface area contributed by atoms with Crippen molar-refractivity contribution >= 4 is 11.9 Å². The molecule has 2 N–H and O–H groups in total. The van der Waals surface area contributed by atoms with Crippen LogP contribution in [0.1, 0.15) is 37.4 Å². The van der Waals surface area contributed by atoms with Crippen molar-refractivity contribution in [1.82, 2.24) is 20.4 Å². The molecule has 0 aromatic heterocycles. The van der Waals surface area contributed by atoms with Crippen LogP contribution in [0.5, 0.6) is 5.75 Å². The molecule has 1 atom stereocenters. The molecular formula is C20H32N4O3. The Morgan fingerprint density at radius 3 is 2.56 bits per heavy atom. The number of amides is 3. The van der Waals surface area contributed by atoms with Crippen molar-refractivity contribution in [2.75, 3.05) is 46.4 Å². The summed E-state index contributed by atoms with van der Waals surface area (Å²) >= 11 is 0.